The predicted molar refractivity (Wildman–Crippen MR) is 113 cm³/mol. The highest BCUT2D eigenvalue weighted by atomic mass is 16.6. The lowest BCUT2D eigenvalue weighted by atomic mass is 10.1. The molecule has 5 nitrogen and oxygen atoms in total. The third-order valence-corrected chi connectivity index (χ3v) is 4.70. The summed E-state index contributed by atoms with van der Waals surface area (Å²) >= 11 is 0. The summed E-state index contributed by atoms with van der Waals surface area (Å²) in [5.41, 5.74) is 0. The minimum absolute atomic E-state index is 0.150. The molecule has 0 unspecified atom stereocenters. The third kappa shape index (κ3) is 21.2. The minimum Gasteiger partial charge on any atom is -0.463 e. The lowest BCUT2D eigenvalue weighted by molar-refractivity contribution is -0.146. The van der Waals surface area contributed by atoms with Crippen molar-refractivity contribution in [3.05, 3.63) is 0 Å². The molecule has 0 bridgehead atoms. The van der Waals surface area contributed by atoms with Crippen molar-refractivity contribution in [2.45, 2.75) is 110 Å². The van der Waals surface area contributed by atoms with Gasteiger partial charge in [0.15, 0.2) is 0 Å². The molecule has 0 N–H and O–H groups in total. The molecule has 0 aliphatic heterocycles. The molecule has 28 heavy (non-hydrogen) atoms. The Bertz CT molecular complexity index is 357. The lowest BCUT2D eigenvalue weighted by Gasteiger charge is -2.07. The maximum atomic E-state index is 11.6. The normalized spacial score (nSPS) is 10.8. The second-order valence-electron chi connectivity index (χ2n) is 7.44. The van der Waals surface area contributed by atoms with E-state index in [1.54, 1.807) is 0 Å². The van der Waals surface area contributed by atoms with Gasteiger partial charge in [-0.05, 0) is 12.8 Å². The van der Waals surface area contributed by atoms with Gasteiger partial charge in [0.2, 0.25) is 0 Å². The molecule has 0 rings (SSSR count). The SMILES string of the molecule is CCCCCCCCCC(=O)OCCOCCOC(=O)CCCCCCCC. The number of rotatable bonds is 21. The van der Waals surface area contributed by atoms with Crippen LogP contribution in [0.1, 0.15) is 110 Å². The Kier molecular flexibility index (Phi) is 21.3. The molecule has 0 spiro atoms. The van der Waals surface area contributed by atoms with Gasteiger partial charge >= 0.3 is 11.9 Å². The van der Waals surface area contributed by atoms with Crippen LogP contribution in [0.5, 0.6) is 0 Å². The van der Waals surface area contributed by atoms with Crippen molar-refractivity contribution >= 4 is 11.9 Å². The van der Waals surface area contributed by atoms with E-state index < -0.39 is 0 Å². The first-order chi connectivity index (χ1) is 13.7. The van der Waals surface area contributed by atoms with Crippen LogP contribution < -0.4 is 0 Å². The standard InChI is InChI=1S/C23H44O5/c1-3-5-7-9-11-13-15-17-23(25)28-21-19-26-18-20-27-22(24)16-14-12-10-8-6-4-2/h3-21H2,1-2H3. The van der Waals surface area contributed by atoms with Crippen molar-refractivity contribution in [1.29, 1.82) is 0 Å². The fourth-order valence-electron chi connectivity index (χ4n) is 2.95. The summed E-state index contributed by atoms with van der Waals surface area (Å²) in [6.07, 6.45) is 16.3. The van der Waals surface area contributed by atoms with Crippen molar-refractivity contribution in [2.24, 2.45) is 0 Å². The summed E-state index contributed by atoms with van der Waals surface area (Å²) < 4.78 is 15.6. The number of unbranched alkanes of at least 4 members (excludes halogenated alkanes) is 11. The Hall–Kier alpha value is -1.10. The molecule has 0 amide bonds. The van der Waals surface area contributed by atoms with Crippen LogP contribution in [-0.4, -0.2) is 38.4 Å². The van der Waals surface area contributed by atoms with Crippen LogP contribution in [0.2, 0.25) is 0 Å². The summed E-state index contributed by atoms with van der Waals surface area (Å²) in [5.74, 6) is -0.303. The summed E-state index contributed by atoms with van der Waals surface area (Å²) in [4.78, 5) is 23.2. The van der Waals surface area contributed by atoms with Gasteiger partial charge < -0.3 is 14.2 Å². The van der Waals surface area contributed by atoms with E-state index in [9.17, 15) is 9.59 Å². The molecule has 0 aliphatic carbocycles. The first kappa shape index (κ1) is 26.9. The summed E-state index contributed by atoms with van der Waals surface area (Å²) in [6.45, 7) is 5.63. The largest absolute Gasteiger partial charge is 0.463 e. The van der Waals surface area contributed by atoms with Gasteiger partial charge in [0.25, 0.3) is 0 Å². The molecule has 0 aromatic carbocycles. The van der Waals surface area contributed by atoms with Crippen molar-refractivity contribution in [1.82, 2.24) is 0 Å². The molecule has 0 aromatic heterocycles. The number of hydrogen-bond donors (Lipinski definition) is 0. The fraction of sp³-hybridized carbons (Fsp3) is 0.913. The van der Waals surface area contributed by atoms with Gasteiger partial charge in [0.05, 0.1) is 13.2 Å². The maximum Gasteiger partial charge on any atom is 0.305 e. The van der Waals surface area contributed by atoms with Crippen LogP contribution in [0, 0.1) is 0 Å². The van der Waals surface area contributed by atoms with Gasteiger partial charge in [0, 0.05) is 12.8 Å². The second-order valence-corrected chi connectivity index (χ2v) is 7.44. The Morgan fingerprint density at radius 3 is 1.25 bits per heavy atom. The molecule has 0 heterocycles. The molecule has 166 valence electrons. The van der Waals surface area contributed by atoms with Gasteiger partial charge in [-0.1, -0.05) is 84.5 Å². The van der Waals surface area contributed by atoms with Crippen LogP contribution in [0.3, 0.4) is 0 Å². The number of esters is 2. The van der Waals surface area contributed by atoms with E-state index >= 15 is 0 Å². The van der Waals surface area contributed by atoms with Crippen LogP contribution in [0.25, 0.3) is 0 Å². The van der Waals surface area contributed by atoms with E-state index in [1.165, 1.54) is 57.8 Å². The highest BCUT2D eigenvalue weighted by molar-refractivity contribution is 5.69. The predicted octanol–water partition coefficient (Wildman–Crippen LogP) is 5.98. The smallest absolute Gasteiger partial charge is 0.305 e. The van der Waals surface area contributed by atoms with E-state index in [1.807, 2.05) is 0 Å². The van der Waals surface area contributed by atoms with Gasteiger partial charge in [-0.3, -0.25) is 9.59 Å². The Labute approximate surface area is 172 Å². The molecule has 5 heteroatoms. The molecular weight excluding hydrogens is 356 g/mol. The van der Waals surface area contributed by atoms with Gasteiger partial charge in [-0.15, -0.1) is 0 Å². The van der Waals surface area contributed by atoms with Gasteiger partial charge in [0.1, 0.15) is 13.2 Å². The Morgan fingerprint density at radius 1 is 0.500 bits per heavy atom. The van der Waals surface area contributed by atoms with Crippen LogP contribution in [0.4, 0.5) is 0 Å². The quantitative estimate of drug-likeness (QED) is 0.175. The molecule has 0 aliphatic rings. The van der Waals surface area contributed by atoms with Crippen molar-refractivity contribution in [3.63, 3.8) is 0 Å². The molecule has 0 fully saturated rings. The molecule has 0 saturated carbocycles. The summed E-state index contributed by atoms with van der Waals surface area (Å²) in [7, 11) is 0. The number of hydrogen-bond acceptors (Lipinski definition) is 5. The van der Waals surface area contributed by atoms with Gasteiger partial charge in [-0.25, -0.2) is 0 Å². The topological polar surface area (TPSA) is 61.8 Å². The van der Waals surface area contributed by atoms with E-state index in [-0.39, 0.29) is 25.2 Å². The van der Waals surface area contributed by atoms with Crippen LogP contribution in [-0.2, 0) is 23.8 Å². The minimum atomic E-state index is -0.153. The number of carbonyl (C=O) groups is 2. The maximum absolute atomic E-state index is 11.6. The molecule has 0 atom stereocenters. The number of carbonyl (C=O) groups excluding carboxylic acids is 2. The lowest BCUT2D eigenvalue weighted by Crippen LogP contribution is -2.14. The summed E-state index contributed by atoms with van der Waals surface area (Å²) in [6, 6.07) is 0. The van der Waals surface area contributed by atoms with Crippen LogP contribution >= 0.6 is 0 Å². The zero-order chi connectivity index (χ0) is 20.7. The zero-order valence-corrected chi connectivity index (χ0v) is 18.5. The average molecular weight is 401 g/mol. The monoisotopic (exact) mass is 400 g/mol. The van der Waals surface area contributed by atoms with Crippen molar-refractivity contribution < 1.29 is 23.8 Å². The highest BCUT2D eigenvalue weighted by Crippen LogP contribution is 2.09. The fourth-order valence-corrected chi connectivity index (χ4v) is 2.95. The van der Waals surface area contributed by atoms with E-state index in [2.05, 4.69) is 13.8 Å². The second kappa shape index (κ2) is 22.2. The van der Waals surface area contributed by atoms with Gasteiger partial charge in [-0.2, -0.15) is 0 Å². The average Bonchev–Trinajstić information content (AvgIpc) is 2.69. The van der Waals surface area contributed by atoms with Crippen LogP contribution in [0.15, 0.2) is 0 Å². The Balaban J connectivity index is 3.27. The van der Waals surface area contributed by atoms with E-state index in [0.29, 0.717) is 26.1 Å². The first-order valence-corrected chi connectivity index (χ1v) is 11.6. The van der Waals surface area contributed by atoms with E-state index in [0.717, 1.165) is 25.7 Å². The van der Waals surface area contributed by atoms with Crippen molar-refractivity contribution in [2.75, 3.05) is 26.4 Å². The molecule has 0 radical (unpaired) electrons. The van der Waals surface area contributed by atoms with Crippen molar-refractivity contribution in [3.8, 4) is 0 Å². The third-order valence-electron chi connectivity index (χ3n) is 4.70. The summed E-state index contributed by atoms with van der Waals surface area (Å²) in [5, 5.41) is 0. The Morgan fingerprint density at radius 2 is 0.857 bits per heavy atom. The highest BCUT2D eigenvalue weighted by Gasteiger charge is 2.04. The number of ether oxygens (including phenoxy) is 3. The zero-order valence-electron chi connectivity index (χ0n) is 18.5. The molecular formula is C23H44O5. The van der Waals surface area contributed by atoms with E-state index in [4.69, 9.17) is 14.2 Å². The first-order valence-electron chi connectivity index (χ1n) is 11.6. The molecule has 0 aromatic rings. The molecule has 0 saturated heterocycles.